The van der Waals surface area contributed by atoms with Gasteiger partial charge < -0.3 is 15.2 Å². The topological polar surface area (TPSA) is 58.6 Å². The van der Waals surface area contributed by atoms with E-state index >= 15 is 0 Å². The monoisotopic (exact) mass is 363 g/mol. The minimum atomic E-state index is -0.835. The van der Waals surface area contributed by atoms with E-state index in [1.54, 1.807) is 23.9 Å². The van der Waals surface area contributed by atoms with Crippen molar-refractivity contribution in [3.63, 3.8) is 0 Å². The lowest BCUT2D eigenvalue weighted by atomic mass is 10.1. The molecule has 0 bridgehead atoms. The predicted molar refractivity (Wildman–Crippen MR) is 98.4 cm³/mol. The molecule has 0 saturated heterocycles. The summed E-state index contributed by atoms with van der Waals surface area (Å²) in [5.41, 5.74) is 1.83. The van der Waals surface area contributed by atoms with Crippen LogP contribution in [0.15, 0.2) is 48.5 Å². The molecule has 0 fully saturated rings. The van der Waals surface area contributed by atoms with Crippen molar-refractivity contribution in [3.05, 3.63) is 65.5 Å². The van der Waals surface area contributed by atoms with Gasteiger partial charge in [0.1, 0.15) is 24.2 Å². The third-order valence-electron chi connectivity index (χ3n) is 3.68. The van der Waals surface area contributed by atoms with Crippen molar-refractivity contribution in [1.82, 2.24) is 5.32 Å². The highest BCUT2D eigenvalue weighted by Crippen LogP contribution is 2.16. The van der Waals surface area contributed by atoms with E-state index in [0.29, 0.717) is 25.3 Å². The molecule has 2 N–H and O–H groups in total. The van der Waals surface area contributed by atoms with E-state index in [-0.39, 0.29) is 5.82 Å². The van der Waals surface area contributed by atoms with Gasteiger partial charge in [-0.25, -0.2) is 4.39 Å². The summed E-state index contributed by atoms with van der Waals surface area (Å²) in [7, 11) is 0. The molecule has 0 aromatic heterocycles. The van der Waals surface area contributed by atoms with Crippen molar-refractivity contribution >= 4 is 17.7 Å². The van der Waals surface area contributed by atoms with Crippen LogP contribution in [-0.2, 0) is 17.9 Å². The number of hydrogen-bond acceptors (Lipinski definition) is 4. The van der Waals surface area contributed by atoms with Crippen molar-refractivity contribution in [1.29, 1.82) is 0 Å². The Morgan fingerprint density at radius 3 is 2.68 bits per heavy atom. The zero-order valence-electron chi connectivity index (χ0n) is 14.1. The Bertz CT molecular complexity index is 679. The zero-order valence-corrected chi connectivity index (χ0v) is 14.9. The van der Waals surface area contributed by atoms with Gasteiger partial charge in [-0.1, -0.05) is 24.3 Å². The van der Waals surface area contributed by atoms with Crippen molar-refractivity contribution in [2.75, 3.05) is 12.0 Å². The number of aliphatic carboxylic acids is 1. The van der Waals surface area contributed by atoms with E-state index in [1.165, 1.54) is 12.1 Å². The van der Waals surface area contributed by atoms with Crippen LogP contribution in [-0.4, -0.2) is 29.1 Å². The number of benzene rings is 2. The molecule has 0 aliphatic rings. The quantitative estimate of drug-likeness (QED) is 0.674. The Balaban J connectivity index is 1.89. The average Bonchev–Trinajstić information content (AvgIpc) is 2.61. The molecule has 0 aliphatic carbocycles. The fourth-order valence-electron chi connectivity index (χ4n) is 2.28. The number of carbonyl (C=O) groups is 1. The Hall–Kier alpha value is -2.05. The molecule has 4 nitrogen and oxygen atoms in total. The molecular formula is C19H22FNO3S. The van der Waals surface area contributed by atoms with Gasteiger partial charge in [0, 0.05) is 6.54 Å². The molecule has 1 atom stereocenters. The van der Waals surface area contributed by atoms with Gasteiger partial charge in [-0.2, -0.15) is 11.8 Å². The number of hydrogen-bond donors (Lipinski definition) is 2. The maximum Gasteiger partial charge on any atom is 0.320 e. The van der Waals surface area contributed by atoms with Crippen molar-refractivity contribution < 1.29 is 19.0 Å². The molecule has 6 heteroatoms. The van der Waals surface area contributed by atoms with Gasteiger partial charge in [0.15, 0.2) is 0 Å². The molecule has 0 saturated carbocycles. The van der Waals surface area contributed by atoms with Gasteiger partial charge in [0.25, 0.3) is 0 Å². The second kappa shape index (κ2) is 10.1. The maximum atomic E-state index is 12.9. The van der Waals surface area contributed by atoms with Crippen LogP contribution in [0.3, 0.4) is 0 Å². The van der Waals surface area contributed by atoms with Gasteiger partial charge >= 0.3 is 5.97 Å². The fourth-order valence-corrected chi connectivity index (χ4v) is 2.75. The number of rotatable bonds is 10. The summed E-state index contributed by atoms with van der Waals surface area (Å²) in [6.07, 6.45) is 2.54. The fraction of sp³-hybridized carbons (Fsp3) is 0.316. The van der Waals surface area contributed by atoms with E-state index in [0.717, 1.165) is 16.9 Å². The lowest BCUT2D eigenvalue weighted by Gasteiger charge is -2.14. The second-order valence-corrected chi connectivity index (χ2v) is 6.60. The number of carboxylic acids is 1. The smallest absolute Gasteiger partial charge is 0.320 e. The average molecular weight is 363 g/mol. The highest BCUT2D eigenvalue weighted by atomic mass is 32.2. The van der Waals surface area contributed by atoms with Gasteiger partial charge in [-0.05, 0) is 53.8 Å². The van der Waals surface area contributed by atoms with Crippen LogP contribution in [0, 0.1) is 5.82 Å². The largest absolute Gasteiger partial charge is 0.489 e. The summed E-state index contributed by atoms with van der Waals surface area (Å²) in [4.78, 5) is 11.3. The first-order valence-electron chi connectivity index (χ1n) is 8.00. The van der Waals surface area contributed by atoms with Gasteiger partial charge in [0.2, 0.25) is 0 Å². The third-order valence-corrected chi connectivity index (χ3v) is 4.32. The van der Waals surface area contributed by atoms with Crippen LogP contribution in [0.4, 0.5) is 4.39 Å². The van der Waals surface area contributed by atoms with Crippen LogP contribution >= 0.6 is 11.8 Å². The summed E-state index contributed by atoms with van der Waals surface area (Å²) in [6.45, 7) is 0.807. The molecule has 2 rings (SSSR count). The van der Waals surface area contributed by atoms with E-state index < -0.39 is 12.0 Å². The second-order valence-electron chi connectivity index (χ2n) is 5.62. The van der Waals surface area contributed by atoms with Gasteiger partial charge in [-0.15, -0.1) is 0 Å². The molecule has 2 aromatic carbocycles. The molecular weight excluding hydrogens is 341 g/mol. The van der Waals surface area contributed by atoms with Gasteiger partial charge in [-0.3, -0.25) is 4.79 Å². The van der Waals surface area contributed by atoms with Crippen LogP contribution in [0.2, 0.25) is 0 Å². The molecule has 0 heterocycles. The maximum absolute atomic E-state index is 12.9. The molecule has 25 heavy (non-hydrogen) atoms. The van der Waals surface area contributed by atoms with Gasteiger partial charge in [0.05, 0.1) is 0 Å². The number of carboxylic acid groups (broad SMARTS) is 1. The molecule has 0 amide bonds. The highest BCUT2D eigenvalue weighted by Gasteiger charge is 2.15. The SMILES string of the molecule is CSCCC(NCc1cccc(OCc2ccc(F)cc2)c1)C(=O)O. The van der Waals surface area contributed by atoms with Crippen molar-refractivity contribution in [2.45, 2.75) is 25.6 Å². The molecule has 0 radical (unpaired) electrons. The predicted octanol–water partition coefficient (Wildman–Crippen LogP) is 3.70. The summed E-state index contributed by atoms with van der Waals surface area (Å²) in [5.74, 6) is 0.383. The molecule has 134 valence electrons. The Morgan fingerprint density at radius 1 is 1.24 bits per heavy atom. The van der Waals surface area contributed by atoms with Crippen molar-refractivity contribution in [3.8, 4) is 5.75 Å². The summed E-state index contributed by atoms with van der Waals surface area (Å²) >= 11 is 1.63. The number of thioether (sulfide) groups is 1. The van der Waals surface area contributed by atoms with Crippen molar-refractivity contribution in [2.24, 2.45) is 0 Å². The number of nitrogens with one attached hydrogen (secondary N) is 1. The molecule has 0 spiro atoms. The minimum Gasteiger partial charge on any atom is -0.489 e. The zero-order chi connectivity index (χ0) is 18.1. The summed E-state index contributed by atoms with van der Waals surface area (Å²) in [5, 5.41) is 12.3. The first kappa shape index (κ1) is 19.3. The van der Waals surface area contributed by atoms with Crippen LogP contribution in [0.1, 0.15) is 17.5 Å². The van der Waals surface area contributed by atoms with Crippen LogP contribution in [0.5, 0.6) is 5.75 Å². The number of ether oxygens (including phenoxy) is 1. The Morgan fingerprint density at radius 2 is 2.00 bits per heavy atom. The van der Waals surface area contributed by atoms with E-state index in [9.17, 15) is 14.3 Å². The van der Waals surface area contributed by atoms with Crippen LogP contribution < -0.4 is 10.1 Å². The molecule has 1 unspecified atom stereocenters. The normalized spacial score (nSPS) is 11.9. The van der Waals surface area contributed by atoms with E-state index in [4.69, 9.17) is 4.74 Å². The highest BCUT2D eigenvalue weighted by molar-refractivity contribution is 7.98. The Labute approximate surface area is 151 Å². The Kier molecular flexibility index (Phi) is 7.76. The van der Waals surface area contributed by atoms with E-state index in [2.05, 4.69) is 5.32 Å². The first-order valence-corrected chi connectivity index (χ1v) is 9.39. The molecule has 0 aliphatic heterocycles. The van der Waals surface area contributed by atoms with Crippen LogP contribution in [0.25, 0.3) is 0 Å². The summed E-state index contributed by atoms with van der Waals surface area (Å²) < 4.78 is 18.6. The molecule has 2 aromatic rings. The minimum absolute atomic E-state index is 0.272. The summed E-state index contributed by atoms with van der Waals surface area (Å²) in [6, 6.07) is 13.1. The van der Waals surface area contributed by atoms with E-state index in [1.807, 2.05) is 30.5 Å². The number of halogens is 1. The lowest BCUT2D eigenvalue weighted by molar-refractivity contribution is -0.139. The first-order chi connectivity index (χ1) is 12.1. The third kappa shape index (κ3) is 6.76. The standard InChI is InChI=1S/C19H22FNO3S/c1-25-10-9-18(19(22)23)21-12-15-3-2-4-17(11-15)24-13-14-5-7-16(20)8-6-14/h2-8,11,18,21H,9-10,12-13H2,1H3,(H,22,23). The lowest BCUT2D eigenvalue weighted by Crippen LogP contribution is -2.36.